The Labute approximate surface area is 86.3 Å². The Morgan fingerprint density at radius 2 is 2.00 bits per heavy atom. The highest BCUT2D eigenvalue weighted by molar-refractivity contribution is 5.40. The molecule has 0 saturated carbocycles. The highest BCUT2D eigenvalue weighted by Crippen LogP contribution is 2.26. The van der Waals surface area contributed by atoms with Crippen molar-refractivity contribution in [2.45, 2.75) is 46.6 Å². The molecule has 1 aromatic heterocycles. The number of anilines is 1. The first-order valence-corrected chi connectivity index (χ1v) is 5.13. The summed E-state index contributed by atoms with van der Waals surface area (Å²) in [4.78, 5) is 4.38. The van der Waals surface area contributed by atoms with Crippen molar-refractivity contribution in [3.05, 3.63) is 12.0 Å². The van der Waals surface area contributed by atoms with Crippen molar-refractivity contribution in [3.63, 3.8) is 0 Å². The van der Waals surface area contributed by atoms with Crippen LogP contribution in [0.2, 0.25) is 0 Å². The smallest absolute Gasteiger partial charge is 0.127 e. The highest BCUT2D eigenvalue weighted by atomic mass is 15.1. The van der Waals surface area contributed by atoms with Gasteiger partial charge in [-0.3, -0.25) is 0 Å². The van der Waals surface area contributed by atoms with Crippen LogP contribution < -0.4 is 5.73 Å². The van der Waals surface area contributed by atoms with Crippen molar-refractivity contribution >= 4 is 5.82 Å². The first kappa shape index (κ1) is 11.1. The van der Waals surface area contributed by atoms with Gasteiger partial charge in [-0.1, -0.05) is 34.6 Å². The quantitative estimate of drug-likeness (QED) is 0.787. The van der Waals surface area contributed by atoms with Gasteiger partial charge in [0.2, 0.25) is 0 Å². The summed E-state index contributed by atoms with van der Waals surface area (Å²) in [5, 5.41) is 0. The molecular weight excluding hydrogens is 174 g/mol. The normalized spacial score (nSPS) is 12.4. The van der Waals surface area contributed by atoms with Gasteiger partial charge in [0.15, 0.2) is 0 Å². The zero-order chi connectivity index (χ0) is 10.9. The molecule has 3 heteroatoms. The maximum absolute atomic E-state index is 6.04. The van der Waals surface area contributed by atoms with Crippen molar-refractivity contribution in [2.24, 2.45) is 5.92 Å². The van der Waals surface area contributed by atoms with E-state index in [9.17, 15) is 0 Å². The summed E-state index contributed by atoms with van der Waals surface area (Å²) in [5.74, 6) is 1.41. The van der Waals surface area contributed by atoms with Gasteiger partial charge < -0.3 is 10.3 Å². The Hall–Kier alpha value is -0.990. The van der Waals surface area contributed by atoms with Gasteiger partial charge in [0.1, 0.15) is 5.82 Å². The fourth-order valence-electron chi connectivity index (χ4n) is 1.51. The molecule has 0 spiro atoms. The second-order valence-corrected chi connectivity index (χ2v) is 5.27. The topological polar surface area (TPSA) is 43.8 Å². The highest BCUT2D eigenvalue weighted by Gasteiger charge is 2.21. The minimum absolute atomic E-state index is 0.0340. The van der Waals surface area contributed by atoms with E-state index >= 15 is 0 Å². The Kier molecular flexibility index (Phi) is 2.88. The molecule has 0 atom stereocenters. The molecule has 1 heterocycles. The standard InChI is InChI=1S/C11H21N3/c1-8(2)6-14-7-13-9(10(14)12)11(3,4)5/h7-8H,6,12H2,1-5H3. The van der Waals surface area contributed by atoms with Crippen LogP contribution in [-0.2, 0) is 12.0 Å². The van der Waals surface area contributed by atoms with Crippen LogP contribution in [0.5, 0.6) is 0 Å². The second-order valence-electron chi connectivity index (χ2n) is 5.27. The van der Waals surface area contributed by atoms with Crippen molar-refractivity contribution < 1.29 is 0 Å². The summed E-state index contributed by atoms with van der Waals surface area (Å²) < 4.78 is 2.03. The van der Waals surface area contributed by atoms with Crippen molar-refractivity contribution in [3.8, 4) is 0 Å². The number of aromatic nitrogens is 2. The maximum Gasteiger partial charge on any atom is 0.127 e. The fraction of sp³-hybridized carbons (Fsp3) is 0.727. The Balaban J connectivity index is 2.97. The molecular formula is C11H21N3. The van der Waals surface area contributed by atoms with E-state index in [2.05, 4.69) is 39.6 Å². The van der Waals surface area contributed by atoms with Crippen LogP contribution >= 0.6 is 0 Å². The van der Waals surface area contributed by atoms with Gasteiger partial charge >= 0.3 is 0 Å². The number of nitrogen functional groups attached to an aromatic ring is 1. The van der Waals surface area contributed by atoms with Crippen LogP contribution in [0.4, 0.5) is 5.82 Å². The summed E-state index contributed by atoms with van der Waals surface area (Å²) >= 11 is 0. The van der Waals surface area contributed by atoms with E-state index in [-0.39, 0.29) is 5.41 Å². The largest absolute Gasteiger partial charge is 0.384 e. The van der Waals surface area contributed by atoms with Crippen LogP contribution in [0.1, 0.15) is 40.3 Å². The van der Waals surface area contributed by atoms with Crippen molar-refractivity contribution in [1.82, 2.24) is 9.55 Å². The molecule has 0 aliphatic rings. The number of hydrogen-bond donors (Lipinski definition) is 1. The average Bonchev–Trinajstić information content (AvgIpc) is 2.30. The van der Waals surface area contributed by atoms with E-state index in [4.69, 9.17) is 5.73 Å². The molecule has 2 N–H and O–H groups in total. The van der Waals surface area contributed by atoms with Crippen LogP contribution in [0.15, 0.2) is 6.33 Å². The number of imidazole rings is 1. The molecule has 0 bridgehead atoms. The lowest BCUT2D eigenvalue weighted by atomic mass is 9.92. The summed E-state index contributed by atoms with van der Waals surface area (Å²) in [6.45, 7) is 11.7. The summed E-state index contributed by atoms with van der Waals surface area (Å²) in [7, 11) is 0. The van der Waals surface area contributed by atoms with Crippen molar-refractivity contribution in [1.29, 1.82) is 0 Å². The van der Waals surface area contributed by atoms with E-state index in [1.807, 2.05) is 10.9 Å². The first-order chi connectivity index (χ1) is 6.32. The predicted octanol–water partition coefficient (Wildman–Crippen LogP) is 2.42. The number of nitrogens with two attached hydrogens (primary N) is 1. The van der Waals surface area contributed by atoms with E-state index in [0.29, 0.717) is 5.92 Å². The minimum Gasteiger partial charge on any atom is -0.384 e. The summed E-state index contributed by atoms with van der Waals surface area (Å²) in [6.07, 6.45) is 1.84. The van der Waals surface area contributed by atoms with Crippen LogP contribution in [0.25, 0.3) is 0 Å². The average molecular weight is 195 g/mol. The Morgan fingerprint density at radius 3 is 2.36 bits per heavy atom. The Morgan fingerprint density at radius 1 is 1.43 bits per heavy atom. The van der Waals surface area contributed by atoms with Gasteiger partial charge in [-0.15, -0.1) is 0 Å². The molecule has 80 valence electrons. The monoisotopic (exact) mass is 195 g/mol. The van der Waals surface area contributed by atoms with E-state index in [1.165, 1.54) is 0 Å². The van der Waals surface area contributed by atoms with Crippen LogP contribution in [0, 0.1) is 5.92 Å². The SMILES string of the molecule is CC(C)Cn1cnc(C(C)(C)C)c1N. The van der Waals surface area contributed by atoms with E-state index < -0.39 is 0 Å². The zero-order valence-electron chi connectivity index (χ0n) is 9.83. The van der Waals surface area contributed by atoms with E-state index in [1.54, 1.807) is 0 Å². The van der Waals surface area contributed by atoms with Gasteiger partial charge in [-0.05, 0) is 5.92 Å². The molecule has 0 radical (unpaired) electrons. The number of rotatable bonds is 2. The molecule has 14 heavy (non-hydrogen) atoms. The summed E-state index contributed by atoms with van der Waals surface area (Å²) in [5.41, 5.74) is 7.07. The molecule has 0 amide bonds. The van der Waals surface area contributed by atoms with Crippen LogP contribution in [-0.4, -0.2) is 9.55 Å². The third-order valence-corrected chi connectivity index (χ3v) is 2.15. The number of nitrogens with zero attached hydrogens (tertiary/aromatic N) is 2. The predicted molar refractivity (Wildman–Crippen MR) is 60.2 cm³/mol. The van der Waals surface area contributed by atoms with Gasteiger partial charge in [0, 0.05) is 12.0 Å². The molecule has 3 nitrogen and oxygen atoms in total. The Bertz CT molecular complexity index is 305. The first-order valence-electron chi connectivity index (χ1n) is 5.13. The zero-order valence-corrected chi connectivity index (χ0v) is 9.83. The maximum atomic E-state index is 6.04. The molecule has 0 unspecified atom stereocenters. The molecule has 0 saturated heterocycles. The molecule has 0 fully saturated rings. The lowest BCUT2D eigenvalue weighted by molar-refractivity contribution is 0.525. The van der Waals surface area contributed by atoms with Gasteiger partial charge in [0.05, 0.1) is 12.0 Å². The summed E-state index contributed by atoms with van der Waals surface area (Å²) in [6, 6.07) is 0. The van der Waals surface area contributed by atoms with Gasteiger partial charge in [-0.2, -0.15) is 0 Å². The minimum atomic E-state index is 0.0340. The van der Waals surface area contributed by atoms with Gasteiger partial charge in [0.25, 0.3) is 0 Å². The molecule has 1 rings (SSSR count). The van der Waals surface area contributed by atoms with Crippen LogP contribution in [0.3, 0.4) is 0 Å². The molecule has 1 aromatic rings. The number of hydrogen-bond acceptors (Lipinski definition) is 2. The van der Waals surface area contributed by atoms with E-state index in [0.717, 1.165) is 18.1 Å². The third kappa shape index (κ3) is 2.28. The lowest BCUT2D eigenvalue weighted by Gasteiger charge is -2.17. The third-order valence-electron chi connectivity index (χ3n) is 2.15. The molecule has 0 aliphatic carbocycles. The molecule has 0 aromatic carbocycles. The lowest BCUT2D eigenvalue weighted by Crippen LogP contribution is -2.16. The van der Waals surface area contributed by atoms with Gasteiger partial charge in [-0.25, -0.2) is 4.98 Å². The van der Waals surface area contributed by atoms with Crippen molar-refractivity contribution in [2.75, 3.05) is 5.73 Å². The second kappa shape index (κ2) is 3.64. The fourth-order valence-corrected chi connectivity index (χ4v) is 1.51. The molecule has 0 aliphatic heterocycles.